The number of benzene rings is 1. The predicted molar refractivity (Wildman–Crippen MR) is 73.4 cm³/mol. The van der Waals surface area contributed by atoms with Crippen molar-refractivity contribution in [2.75, 3.05) is 6.54 Å². The van der Waals surface area contributed by atoms with Crippen LogP contribution < -0.4 is 5.73 Å². The number of hydrogen-bond acceptors (Lipinski definition) is 5. The lowest BCUT2D eigenvalue weighted by Crippen LogP contribution is -2.01. The molecule has 3 aromatic rings. The fourth-order valence-electron chi connectivity index (χ4n) is 1.78. The number of pyridine rings is 1. The summed E-state index contributed by atoms with van der Waals surface area (Å²) < 4.78 is 0. The molecule has 18 heavy (non-hydrogen) atoms. The van der Waals surface area contributed by atoms with Gasteiger partial charge in [-0.2, -0.15) is 0 Å². The monoisotopic (exact) mass is 256 g/mol. The van der Waals surface area contributed by atoms with Crippen molar-refractivity contribution in [3.8, 4) is 10.6 Å². The Kier molecular flexibility index (Phi) is 3.00. The van der Waals surface area contributed by atoms with Crippen LogP contribution in [-0.4, -0.2) is 21.7 Å². The highest BCUT2D eigenvalue weighted by Gasteiger charge is 2.07. The van der Waals surface area contributed by atoms with E-state index in [1.54, 1.807) is 11.3 Å². The van der Waals surface area contributed by atoms with Crippen LogP contribution >= 0.6 is 11.3 Å². The van der Waals surface area contributed by atoms with E-state index >= 15 is 0 Å². The van der Waals surface area contributed by atoms with E-state index < -0.39 is 0 Å². The summed E-state index contributed by atoms with van der Waals surface area (Å²) in [5.41, 5.74) is 7.51. The first kappa shape index (κ1) is 11.3. The second kappa shape index (κ2) is 4.80. The zero-order valence-electron chi connectivity index (χ0n) is 9.71. The molecule has 0 fully saturated rings. The van der Waals surface area contributed by atoms with Gasteiger partial charge in [0.2, 0.25) is 0 Å². The first-order chi connectivity index (χ1) is 8.86. The molecule has 0 bridgehead atoms. The van der Waals surface area contributed by atoms with E-state index in [0.717, 1.165) is 32.9 Å². The van der Waals surface area contributed by atoms with Crippen LogP contribution in [0.3, 0.4) is 0 Å². The molecule has 0 aliphatic rings. The number of aromatic nitrogens is 3. The average molecular weight is 256 g/mol. The van der Waals surface area contributed by atoms with Gasteiger partial charge in [0.15, 0.2) is 0 Å². The number of nitrogens with two attached hydrogens (primary N) is 1. The van der Waals surface area contributed by atoms with Crippen LogP contribution in [0.5, 0.6) is 0 Å². The maximum absolute atomic E-state index is 5.51. The van der Waals surface area contributed by atoms with Crippen molar-refractivity contribution in [1.29, 1.82) is 0 Å². The molecule has 1 aromatic carbocycles. The molecule has 0 amide bonds. The summed E-state index contributed by atoms with van der Waals surface area (Å²) in [4.78, 5) is 4.43. The average Bonchev–Trinajstić information content (AvgIpc) is 2.87. The van der Waals surface area contributed by atoms with E-state index in [9.17, 15) is 0 Å². The molecular formula is C13H12N4S. The van der Waals surface area contributed by atoms with Gasteiger partial charge in [-0.3, -0.25) is 4.98 Å². The van der Waals surface area contributed by atoms with Crippen LogP contribution in [0.1, 0.15) is 5.01 Å². The summed E-state index contributed by atoms with van der Waals surface area (Å²) in [7, 11) is 0. The highest BCUT2D eigenvalue weighted by molar-refractivity contribution is 7.14. The molecule has 90 valence electrons. The zero-order chi connectivity index (χ0) is 12.4. The SMILES string of the molecule is NCCc1nnc(-c2cnc3ccccc3c2)s1. The van der Waals surface area contributed by atoms with Crippen molar-refractivity contribution >= 4 is 22.2 Å². The molecular weight excluding hydrogens is 244 g/mol. The van der Waals surface area contributed by atoms with Gasteiger partial charge in [0.1, 0.15) is 10.0 Å². The Morgan fingerprint density at radius 3 is 2.94 bits per heavy atom. The van der Waals surface area contributed by atoms with Gasteiger partial charge in [-0.25, -0.2) is 0 Å². The number of rotatable bonds is 3. The minimum absolute atomic E-state index is 0.602. The predicted octanol–water partition coefficient (Wildman–Crippen LogP) is 2.25. The van der Waals surface area contributed by atoms with Gasteiger partial charge >= 0.3 is 0 Å². The molecule has 0 aliphatic heterocycles. The van der Waals surface area contributed by atoms with Gasteiger partial charge in [-0.05, 0) is 18.7 Å². The summed E-state index contributed by atoms with van der Waals surface area (Å²) in [6, 6.07) is 10.1. The molecule has 3 rings (SSSR count). The van der Waals surface area contributed by atoms with Crippen molar-refractivity contribution in [2.24, 2.45) is 5.73 Å². The summed E-state index contributed by atoms with van der Waals surface area (Å²) in [5, 5.41) is 11.3. The van der Waals surface area contributed by atoms with Gasteiger partial charge in [0.25, 0.3) is 0 Å². The minimum Gasteiger partial charge on any atom is -0.330 e. The number of para-hydroxylation sites is 1. The molecule has 2 aromatic heterocycles. The van der Waals surface area contributed by atoms with Gasteiger partial charge in [0, 0.05) is 23.6 Å². The number of nitrogens with zero attached hydrogens (tertiary/aromatic N) is 3. The minimum atomic E-state index is 0.602. The van der Waals surface area contributed by atoms with E-state index in [0.29, 0.717) is 6.54 Å². The van der Waals surface area contributed by atoms with Crippen LogP contribution in [0, 0.1) is 0 Å². The van der Waals surface area contributed by atoms with Crippen molar-refractivity contribution in [2.45, 2.75) is 6.42 Å². The van der Waals surface area contributed by atoms with E-state index in [1.807, 2.05) is 30.5 Å². The lowest BCUT2D eigenvalue weighted by atomic mass is 10.2. The van der Waals surface area contributed by atoms with Gasteiger partial charge in [-0.1, -0.05) is 29.5 Å². The van der Waals surface area contributed by atoms with Gasteiger partial charge < -0.3 is 5.73 Å². The van der Waals surface area contributed by atoms with Crippen molar-refractivity contribution in [3.63, 3.8) is 0 Å². The van der Waals surface area contributed by atoms with Crippen molar-refractivity contribution in [3.05, 3.63) is 41.5 Å². The highest BCUT2D eigenvalue weighted by atomic mass is 32.1. The maximum atomic E-state index is 5.51. The molecule has 5 heteroatoms. The number of hydrogen-bond donors (Lipinski definition) is 1. The Balaban J connectivity index is 2.02. The summed E-state index contributed by atoms with van der Waals surface area (Å²) in [5.74, 6) is 0. The van der Waals surface area contributed by atoms with Gasteiger partial charge in [-0.15, -0.1) is 10.2 Å². The quantitative estimate of drug-likeness (QED) is 0.780. The zero-order valence-corrected chi connectivity index (χ0v) is 10.5. The second-order valence-corrected chi connectivity index (χ2v) is 5.02. The van der Waals surface area contributed by atoms with E-state index in [-0.39, 0.29) is 0 Å². The molecule has 2 heterocycles. The fourth-order valence-corrected chi connectivity index (χ4v) is 2.62. The summed E-state index contributed by atoms with van der Waals surface area (Å²) in [6.07, 6.45) is 2.62. The lowest BCUT2D eigenvalue weighted by molar-refractivity contribution is 0.913. The van der Waals surface area contributed by atoms with Crippen molar-refractivity contribution < 1.29 is 0 Å². The molecule has 4 nitrogen and oxygen atoms in total. The Morgan fingerprint density at radius 2 is 2.06 bits per heavy atom. The molecule has 0 saturated heterocycles. The fraction of sp³-hybridized carbons (Fsp3) is 0.154. The topological polar surface area (TPSA) is 64.7 Å². The normalized spacial score (nSPS) is 10.9. The van der Waals surface area contributed by atoms with E-state index in [4.69, 9.17) is 5.73 Å². The molecule has 0 radical (unpaired) electrons. The Morgan fingerprint density at radius 1 is 1.17 bits per heavy atom. The Bertz CT molecular complexity index is 677. The third-order valence-electron chi connectivity index (χ3n) is 2.66. The Hall–Kier alpha value is -1.85. The molecule has 0 unspecified atom stereocenters. The first-order valence-electron chi connectivity index (χ1n) is 5.74. The lowest BCUT2D eigenvalue weighted by Gasteiger charge is -1.98. The standard InChI is InChI=1S/C13H12N4S/c14-6-5-12-16-17-13(18-12)10-7-9-3-1-2-4-11(9)15-8-10/h1-4,7-8H,5-6,14H2. The van der Waals surface area contributed by atoms with Crippen LogP contribution in [0.2, 0.25) is 0 Å². The van der Waals surface area contributed by atoms with Crippen LogP contribution in [-0.2, 0) is 6.42 Å². The molecule has 0 saturated carbocycles. The summed E-state index contributed by atoms with van der Waals surface area (Å²) in [6.45, 7) is 0.602. The molecule has 0 spiro atoms. The first-order valence-corrected chi connectivity index (χ1v) is 6.56. The Labute approximate surface area is 109 Å². The maximum Gasteiger partial charge on any atom is 0.149 e. The van der Waals surface area contributed by atoms with Crippen LogP contribution in [0.15, 0.2) is 36.5 Å². The van der Waals surface area contributed by atoms with Crippen LogP contribution in [0.25, 0.3) is 21.5 Å². The third-order valence-corrected chi connectivity index (χ3v) is 3.69. The smallest absolute Gasteiger partial charge is 0.149 e. The van der Waals surface area contributed by atoms with Crippen molar-refractivity contribution in [1.82, 2.24) is 15.2 Å². The molecule has 0 atom stereocenters. The molecule has 2 N–H and O–H groups in total. The van der Waals surface area contributed by atoms with E-state index in [2.05, 4.69) is 21.2 Å². The number of fused-ring (bicyclic) bond motifs is 1. The third kappa shape index (κ3) is 2.10. The van der Waals surface area contributed by atoms with Gasteiger partial charge in [0.05, 0.1) is 5.52 Å². The summed E-state index contributed by atoms with van der Waals surface area (Å²) >= 11 is 1.58. The highest BCUT2D eigenvalue weighted by Crippen LogP contribution is 2.25. The largest absolute Gasteiger partial charge is 0.330 e. The van der Waals surface area contributed by atoms with Crippen LogP contribution in [0.4, 0.5) is 0 Å². The van der Waals surface area contributed by atoms with E-state index in [1.165, 1.54) is 0 Å². The molecule has 0 aliphatic carbocycles. The second-order valence-electron chi connectivity index (χ2n) is 3.96.